The van der Waals surface area contributed by atoms with Gasteiger partial charge in [0.1, 0.15) is 0 Å². The second-order valence-electron chi connectivity index (χ2n) is 6.57. The Labute approximate surface area is 115 Å². The average molecular weight is 260 g/mol. The van der Waals surface area contributed by atoms with Crippen molar-refractivity contribution in [3.8, 4) is 0 Å². The van der Waals surface area contributed by atoms with Crippen LogP contribution in [0.1, 0.15) is 45.2 Å². The summed E-state index contributed by atoms with van der Waals surface area (Å²) in [6, 6.07) is 5.05. The fourth-order valence-electron chi connectivity index (χ4n) is 3.86. The minimum Gasteiger partial charge on any atom is -0.377 e. The maximum Gasteiger partial charge on any atom is 0.0684 e. The summed E-state index contributed by atoms with van der Waals surface area (Å²) in [4.78, 5) is 4.21. The Morgan fingerprint density at radius 1 is 1.47 bits per heavy atom. The lowest BCUT2D eigenvalue weighted by Crippen LogP contribution is -2.69. The Bertz CT molecular complexity index is 432. The smallest absolute Gasteiger partial charge is 0.0684 e. The molecule has 3 unspecified atom stereocenters. The SMILES string of the molecule is C[C@@H](NC1C2CCCOC2C1(C)C)c1cccnc1. The number of nitrogens with one attached hydrogen (secondary N) is 1. The third-order valence-electron chi connectivity index (χ3n) is 4.95. The predicted octanol–water partition coefficient (Wildman–Crippen LogP) is 2.94. The van der Waals surface area contributed by atoms with Crippen molar-refractivity contribution in [3.63, 3.8) is 0 Å². The number of nitrogens with zero attached hydrogens (tertiary/aromatic N) is 1. The first-order valence-corrected chi connectivity index (χ1v) is 7.38. The van der Waals surface area contributed by atoms with Crippen LogP contribution in [0.5, 0.6) is 0 Å². The van der Waals surface area contributed by atoms with Crippen molar-refractivity contribution in [1.29, 1.82) is 0 Å². The zero-order chi connectivity index (χ0) is 13.5. The van der Waals surface area contributed by atoms with Crippen LogP contribution in [-0.2, 0) is 4.74 Å². The molecule has 0 bridgehead atoms. The van der Waals surface area contributed by atoms with E-state index in [1.165, 1.54) is 18.4 Å². The van der Waals surface area contributed by atoms with E-state index in [2.05, 4.69) is 37.1 Å². The maximum atomic E-state index is 5.96. The zero-order valence-electron chi connectivity index (χ0n) is 12.1. The summed E-state index contributed by atoms with van der Waals surface area (Å²) in [6.45, 7) is 7.82. The molecule has 19 heavy (non-hydrogen) atoms. The molecule has 1 aliphatic heterocycles. The first kappa shape index (κ1) is 13.1. The standard InChI is InChI=1S/C16H24N2O/c1-11(12-6-4-8-17-10-12)18-14-13-7-5-9-19-15(13)16(14,2)3/h4,6,8,10-11,13-15,18H,5,7,9H2,1-3H3/t11-,13?,14?,15?/m1/s1. The van der Waals surface area contributed by atoms with Crippen LogP contribution in [0, 0.1) is 11.3 Å². The molecule has 3 nitrogen and oxygen atoms in total. The van der Waals surface area contributed by atoms with Crippen LogP contribution in [-0.4, -0.2) is 23.7 Å². The zero-order valence-corrected chi connectivity index (χ0v) is 12.1. The molecule has 0 radical (unpaired) electrons. The number of ether oxygens (including phenoxy) is 1. The molecule has 2 fully saturated rings. The minimum atomic E-state index is 0.238. The molecule has 3 rings (SSSR count). The Hall–Kier alpha value is -0.930. The van der Waals surface area contributed by atoms with Crippen molar-refractivity contribution in [2.45, 2.75) is 51.8 Å². The molecule has 1 saturated carbocycles. The lowest BCUT2D eigenvalue weighted by molar-refractivity contribution is -0.194. The van der Waals surface area contributed by atoms with Gasteiger partial charge in [0.15, 0.2) is 0 Å². The van der Waals surface area contributed by atoms with E-state index in [0.29, 0.717) is 24.1 Å². The predicted molar refractivity (Wildman–Crippen MR) is 75.8 cm³/mol. The Kier molecular flexibility index (Phi) is 3.35. The van der Waals surface area contributed by atoms with Gasteiger partial charge in [-0.15, -0.1) is 0 Å². The summed E-state index contributed by atoms with van der Waals surface area (Å²) < 4.78 is 5.96. The van der Waals surface area contributed by atoms with Gasteiger partial charge in [0.05, 0.1) is 6.10 Å². The summed E-state index contributed by atoms with van der Waals surface area (Å²) in [6.07, 6.45) is 6.73. The van der Waals surface area contributed by atoms with Crippen molar-refractivity contribution in [1.82, 2.24) is 10.3 Å². The van der Waals surface area contributed by atoms with Crippen molar-refractivity contribution >= 4 is 0 Å². The van der Waals surface area contributed by atoms with Crippen molar-refractivity contribution < 1.29 is 4.74 Å². The van der Waals surface area contributed by atoms with E-state index in [1.54, 1.807) is 0 Å². The highest BCUT2D eigenvalue weighted by molar-refractivity contribution is 5.16. The molecule has 2 aliphatic rings. The van der Waals surface area contributed by atoms with E-state index >= 15 is 0 Å². The summed E-state index contributed by atoms with van der Waals surface area (Å²) in [7, 11) is 0. The average Bonchev–Trinajstić information content (AvgIpc) is 2.45. The topological polar surface area (TPSA) is 34.1 Å². The molecule has 1 aromatic heterocycles. The van der Waals surface area contributed by atoms with Gasteiger partial charge in [-0.1, -0.05) is 19.9 Å². The number of aromatic nitrogens is 1. The summed E-state index contributed by atoms with van der Waals surface area (Å²) >= 11 is 0. The Balaban J connectivity index is 1.69. The van der Waals surface area contributed by atoms with Crippen molar-refractivity contribution in [2.24, 2.45) is 11.3 Å². The number of rotatable bonds is 3. The summed E-state index contributed by atoms with van der Waals surface area (Å²) in [5.41, 5.74) is 1.50. The second kappa shape index (κ2) is 4.88. The molecule has 104 valence electrons. The highest BCUT2D eigenvalue weighted by Crippen LogP contribution is 2.51. The molecule has 4 atom stereocenters. The molecule has 1 aliphatic carbocycles. The minimum absolute atomic E-state index is 0.238. The van der Waals surface area contributed by atoms with Crippen LogP contribution < -0.4 is 5.32 Å². The molecule has 2 heterocycles. The highest BCUT2D eigenvalue weighted by Gasteiger charge is 2.57. The molecular weight excluding hydrogens is 236 g/mol. The van der Waals surface area contributed by atoms with Crippen molar-refractivity contribution in [3.05, 3.63) is 30.1 Å². The Morgan fingerprint density at radius 2 is 2.32 bits per heavy atom. The number of pyridine rings is 1. The first-order valence-electron chi connectivity index (χ1n) is 7.38. The van der Waals surface area contributed by atoms with Crippen molar-refractivity contribution in [2.75, 3.05) is 6.61 Å². The molecule has 3 heteroatoms. The van der Waals surface area contributed by atoms with Gasteiger partial charge in [0.2, 0.25) is 0 Å². The van der Waals surface area contributed by atoms with Gasteiger partial charge in [0, 0.05) is 42.4 Å². The number of fused-ring (bicyclic) bond motifs is 1. The van der Waals surface area contributed by atoms with Gasteiger partial charge in [-0.3, -0.25) is 4.98 Å². The third kappa shape index (κ3) is 2.19. The van der Waals surface area contributed by atoms with Crippen LogP contribution in [0.15, 0.2) is 24.5 Å². The lowest BCUT2D eigenvalue weighted by atomic mass is 9.55. The number of hydrogen-bond donors (Lipinski definition) is 1. The monoisotopic (exact) mass is 260 g/mol. The normalized spacial score (nSPS) is 34.2. The van der Waals surface area contributed by atoms with Crippen LogP contribution in [0.4, 0.5) is 0 Å². The van der Waals surface area contributed by atoms with Gasteiger partial charge in [-0.05, 0) is 31.4 Å². The third-order valence-corrected chi connectivity index (χ3v) is 4.95. The van der Waals surface area contributed by atoms with Gasteiger partial charge < -0.3 is 10.1 Å². The molecule has 1 N–H and O–H groups in total. The van der Waals surface area contributed by atoms with E-state index < -0.39 is 0 Å². The van der Waals surface area contributed by atoms with E-state index in [9.17, 15) is 0 Å². The molecule has 0 spiro atoms. The van der Waals surface area contributed by atoms with Crippen LogP contribution in [0.25, 0.3) is 0 Å². The molecule has 0 aromatic carbocycles. The van der Waals surface area contributed by atoms with E-state index in [0.717, 1.165) is 6.61 Å². The maximum absolute atomic E-state index is 5.96. The molecular formula is C16H24N2O. The van der Waals surface area contributed by atoms with E-state index in [4.69, 9.17) is 4.74 Å². The fraction of sp³-hybridized carbons (Fsp3) is 0.688. The molecule has 0 amide bonds. The first-order chi connectivity index (χ1) is 9.10. The van der Waals surface area contributed by atoms with Gasteiger partial charge in [-0.25, -0.2) is 0 Å². The quantitative estimate of drug-likeness (QED) is 0.907. The van der Waals surface area contributed by atoms with Crippen LogP contribution in [0.2, 0.25) is 0 Å². The molecule has 1 aromatic rings. The van der Waals surface area contributed by atoms with Gasteiger partial charge >= 0.3 is 0 Å². The lowest BCUT2D eigenvalue weighted by Gasteiger charge is -2.60. The second-order valence-corrected chi connectivity index (χ2v) is 6.57. The fourth-order valence-corrected chi connectivity index (χ4v) is 3.86. The highest BCUT2D eigenvalue weighted by atomic mass is 16.5. The van der Waals surface area contributed by atoms with Crippen LogP contribution in [0.3, 0.4) is 0 Å². The molecule has 1 saturated heterocycles. The van der Waals surface area contributed by atoms with Crippen LogP contribution >= 0.6 is 0 Å². The van der Waals surface area contributed by atoms with Gasteiger partial charge in [0.25, 0.3) is 0 Å². The van der Waals surface area contributed by atoms with Gasteiger partial charge in [-0.2, -0.15) is 0 Å². The van der Waals surface area contributed by atoms with E-state index in [-0.39, 0.29) is 5.41 Å². The Morgan fingerprint density at radius 3 is 3.05 bits per heavy atom. The largest absolute Gasteiger partial charge is 0.377 e. The van der Waals surface area contributed by atoms with E-state index in [1.807, 2.05) is 18.5 Å². The summed E-state index contributed by atoms with van der Waals surface area (Å²) in [5.74, 6) is 0.683. The number of hydrogen-bond acceptors (Lipinski definition) is 3. The summed E-state index contributed by atoms with van der Waals surface area (Å²) in [5, 5.41) is 3.80.